The number of rotatable bonds is 7. The van der Waals surface area contributed by atoms with E-state index >= 15 is 0 Å². The molecule has 2 aromatic carbocycles. The molecular formula is C20H20ClNO3. The number of aryl methyl sites for hydroxylation is 1. The minimum absolute atomic E-state index is 0.226. The number of methoxy groups -OCH3 is 1. The van der Waals surface area contributed by atoms with Crippen LogP contribution in [0.5, 0.6) is 11.5 Å². The van der Waals surface area contributed by atoms with Crippen molar-refractivity contribution in [3.05, 3.63) is 71.3 Å². The van der Waals surface area contributed by atoms with Gasteiger partial charge in [0.15, 0.2) is 11.5 Å². The normalized spacial score (nSPS) is 10.5. The first-order valence-electron chi connectivity index (χ1n) is 7.70. The van der Waals surface area contributed by atoms with E-state index in [4.69, 9.17) is 21.1 Å². The van der Waals surface area contributed by atoms with Gasteiger partial charge in [-0.2, -0.15) is 0 Å². The molecule has 25 heavy (non-hydrogen) atoms. The van der Waals surface area contributed by atoms with Crippen molar-refractivity contribution in [2.45, 2.75) is 6.92 Å². The summed E-state index contributed by atoms with van der Waals surface area (Å²) in [4.78, 5) is 12.1. The number of benzene rings is 2. The lowest BCUT2D eigenvalue weighted by molar-refractivity contribution is -0.111. The van der Waals surface area contributed by atoms with Crippen molar-refractivity contribution >= 4 is 29.3 Å². The van der Waals surface area contributed by atoms with Gasteiger partial charge >= 0.3 is 0 Å². The molecular weight excluding hydrogens is 338 g/mol. The maximum Gasteiger partial charge on any atom is 0.248 e. The highest BCUT2D eigenvalue weighted by atomic mass is 35.5. The SMILES string of the molecule is C=CCOc1ccc(/C=C/C(=O)Nc2ccc(Cl)cc2C)cc1OC. The molecule has 0 aliphatic rings. The summed E-state index contributed by atoms with van der Waals surface area (Å²) in [6.45, 7) is 5.90. The number of hydrogen-bond acceptors (Lipinski definition) is 3. The molecule has 4 nitrogen and oxygen atoms in total. The van der Waals surface area contributed by atoms with E-state index in [1.807, 2.05) is 13.0 Å². The molecule has 0 saturated heterocycles. The summed E-state index contributed by atoms with van der Waals surface area (Å²) in [5.41, 5.74) is 2.45. The molecule has 0 saturated carbocycles. The molecule has 0 bridgehead atoms. The van der Waals surface area contributed by atoms with E-state index in [0.717, 1.165) is 16.8 Å². The fourth-order valence-electron chi connectivity index (χ4n) is 2.17. The van der Waals surface area contributed by atoms with Gasteiger partial charge in [0.05, 0.1) is 7.11 Å². The number of hydrogen-bond donors (Lipinski definition) is 1. The van der Waals surface area contributed by atoms with Crippen LogP contribution < -0.4 is 14.8 Å². The average molecular weight is 358 g/mol. The minimum atomic E-state index is -0.226. The van der Waals surface area contributed by atoms with Crippen molar-refractivity contribution in [3.63, 3.8) is 0 Å². The van der Waals surface area contributed by atoms with E-state index in [-0.39, 0.29) is 5.91 Å². The van der Waals surface area contributed by atoms with Crippen LogP contribution in [0, 0.1) is 6.92 Å². The molecule has 0 aliphatic carbocycles. The van der Waals surface area contributed by atoms with Crippen molar-refractivity contribution in [1.29, 1.82) is 0 Å². The third-order valence-corrected chi connectivity index (χ3v) is 3.65. The van der Waals surface area contributed by atoms with Crippen molar-refractivity contribution in [2.75, 3.05) is 19.0 Å². The third-order valence-electron chi connectivity index (χ3n) is 3.42. The molecule has 1 amide bonds. The van der Waals surface area contributed by atoms with Gasteiger partial charge in [0.1, 0.15) is 6.61 Å². The predicted octanol–water partition coefficient (Wildman–Crippen LogP) is 4.87. The molecule has 5 heteroatoms. The number of amides is 1. The van der Waals surface area contributed by atoms with Gasteiger partial charge in [-0.05, 0) is 54.5 Å². The van der Waals surface area contributed by atoms with E-state index in [0.29, 0.717) is 23.1 Å². The maximum absolute atomic E-state index is 12.1. The Hall–Kier alpha value is -2.72. The lowest BCUT2D eigenvalue weighted by atomic mass is 10.1. The Morgan fingerprint density at radius 1 is 1.24 bits per heavy atom. The van der Waals surface area contributed by atoms with Crippen molar-refractivity contribution in [3.8, 4) is 11.5 Å². The maximum atomic E-state index is 12.1. The van der Waals surface area contributed by atoms with Crippen LogP contribution >= 0.6 is 11.6 Å². The summed E-state index contributed by atoms with van der Waals surface area (Å²) in [6.07, 6.45) is 4.84. The monoisotopic (exact) mass is 357 g/mol. The van der Waals surface area contributed by atoms with Gasteiger partial charge in [0, 0.05) is 16.8 Å². The number of halogens is 1. The zero-order valence-corrected chi connectivity index (χ0v) is 15.0. The second-order valence-corrected chi connectivity index (χ2v) is 5.73. The summed E-state index contributed by atoms with van der Waals surface area (Å²) < 4.78 is 10.8. The van der Waals surface area contributed by atoms with E-state index < -0.39 is 0 Å². The second kappa shape index (κ2) is 8.94. The number of nitrogens with one attached hydrogen (secondary N) is 1. The molecule has 0 heterocycles. The van der Waals surface area contributed by atoms with Gasteiger partial charge in [-0.25, -0.2) is 0 Å². The number of carbonyl (C=O) groups excluding carboxylic acids is 1. The molecule has 130 valence electrons. The van der Waals surface area contributed by atoms with Crippen molar-refractivity contribution in [1.82, 2.24) is 0 Å². The van der Waals surface area contributed by atoms with Gasteiger partial charge in [-0.3, -0.25) is 4.79 Å². The summed E-state index contributed by atoms with van der Waals surface area (Å²) in [5, 5.41) is 3.46. The highest BCUT2D eigenvalue weighted by molar-refractivity contribution is 6.30. The van der Waals surface area contributed by atoms with Crippen LogP contribution in [-0.4, -0.2) is 19.6 Å². The standard InChI is InChI=1S/C20H20ClNO3/c1-4-11-25-18-9-5-15(13-19(18)24-3)6-10-20(23)22-17-8-7-16(21)12-14(17)2/h4-10,12-13H,1,11H2,2-3H3,(H,22,23)/b10-6+. The Morgan fingerprint density at radius 2 is 2.04 bits per heavy atom. The Balaban J connectivity index is 2.07. The molecule has 0 atom stereocenters. The summed E-state index contributed by atoms with van der Waals surface area (Å²) >= 11 is 5.91. The smallest absolute Gasteiger partial charge is 0.248 e. The first-order chi connectivity index (χ1) is 12.0. The number of ether oxygens (including phenoxy) is 2. The molecule has 0 radical (unpaired) electrons. The quantitative estimate of drug-likeness (QED) is 0.567. The van der Waals surface area contributed by atoms with Crippen LogP contribution in [0.1, 0.15) is 11.1 Å². The number of anilines is 1. The molecule has 0 spiro atoms. The fourth-order valence-corrected chi connectivity index (χ4v) is 2.40. The minimum Gasteiger partial charge on any atom is -0.493 e. The molecule has 0 fully saturated rings. The molecule has 0 aromatic heterocycles. The van der Waals surface area contributed by atoms with E-state index in [1.165, 1.54) is 6.08 Å². The highest BCUT2D eigenvalue weighted by Crippen LogP contribution is 2.28. The summed E-state index contributed by atoms with van der Waals surface area (Å²) in [7, 11) is 1.57. The van der Waals surface area contributed by atoms with Crippen molar-refractivity contribution < 1.29 is 14.3 Å². The van der Waals surface area contributed by atoms with Gasteiger partial charge in [-0.15, -0.1) is 0 Å². The van der Waals surface area contributed by atoms with Gasteiger partial charge in [-0.1, -0.05) is 30.3 Å². The van der Waals surface area contributed by atoms with Crippen LogP contribution in [0.4, 0.5) is 5.69 Å². The van der Waals surface area contributed by atoms with Gasteiger partial charge in [0.2, 0.25) is 5.91 Å². The Labute approximate surface area is 152 Å². The lowest BCUT2D eigenvalue weighted by Gasteiger charge is -2.10. The zero-order valence-electron chi connectivity index (χ0n) is 14.2. The van der Waals surface area contributed by atoms with Crippen LogP contribution in [0.3, 0.4) is 0 Å². The first kappa shape index (κ1) is 18.6. The topological polar surface area (TPSA) is 47.6 Å². The van der Waals surface area contributed by atoms with Crippen LogP contribution in [0.25, 0.3) is 6.08 Å². The molecule has 2 aromatic rings. The Morgan fingerprint density at radius 3 is 2.72 bits per heavy atom. The zero-order chi connectivity index (χ0) is 18.2. The van der Waals surface area contributed by atoms with Gasteiger partial charge in [0.25, 0.3) is 0 Å². The average Bonchev–Trinajstić information content (AvgIpc) is 2.60. The first-order valence-corrected chi connectivity index (χ1v) is 8.08. The van der Waals surface area contributed by atoms with Crippen LogP contribution in [0.2, 0.25) is 5.02 Å². The highest BCUT2D eigenvalue weighted by Gasteiger charge is 2.05. The molecule has 0 unspecified atom stereocenters. The van der Waals surface area contributed by atoms with Gasteiger partial charge < -0.3 is 14.8 Å². The molecule has 1 N–H and O–H groups in total. The Kier molecular flexibility index (Phi) is 6.66. The Bertz CT molecular complexity index is 800. The second-order valence-electron chi connectivity index (χ2n) is 5.29. The molecule has 0 aliphatic heterocycles. The van der Waals surface area contributed by atoms with Crippen LogP contribution in [0.15, 0.2) is 55.1 Å². The van der Waals surface area contributed by atoms with E-state index in [1.54, 1.807) is 49.6 Å². The lowest BCUT2D eigenvalue weighted by Crippen LogP contribution is -2.08. The van der Waals surface area contributed by atoms with E-state index in [9.17, 15) is 4.79 Å². The largest absolute Gasteiger partial charge is 0.493 e. The predicted molar refractivity (Wildman–Crippen MR) is 103 cm³/mol. The number of carbonyl (C=O) groups is 1. The summed E-state index contributed by atoms with van der Waals surface area (Å²) in [6, 6.07) is 10.8. The van der Waals surface area contributed by atoms with Crippen molar-refractivity contribution in [2.24, 2.45) is 0 Å². The fraction of sp³-hybridized carbons (Fsp3) is 0.150. The molecule has 2 rings (SSSR count). The third kappa shape index (κ3) is 5.40. The summed E-state index contributed by atoms with van der Waals surface area (Å²) in [5.74, 6) is 0.995. The van der Waals surface area contributed by atoms with Crippen LogP contribution in [-0.2, 0) is 4.79 Å². The van der Waals surface area contributed by atoms with E-state index in [2.05, 4.69) is 11.9 Å².